The second kappa shape index (κ2) is 8.25. The molecular formula is C16H26N2O2. The van der Waals surface area contributed by atoms with E-state index in [0.717, 1.165) is 56.9 Å². The SMILES string of the molecule is CN(CCCOc1ccccc1CN)C1CCOCC1. The quantitative estimate of drug-likeness (QED) is 0.775. The summed E-state index contributed by atoms with van der Waals surface area (Å²) in [7, 11) is 2.20. The summed E-state index contributed by atoms with van der Waals surface area (Å²) < 4.78 is 11.2. The molecule has 0 aliphatic carbocycles. The van der Waals surface area contributed by atoms with Crippen LogP contribution in [0, 0.1) is 0 Å². The fraction of sp³-hybridized carbons (Fsp3) is 0.625. The van der Waals surface area contributed by atoms with Gasteiger partial charge in [0.25, 0.3) is 0 Å². The molecule has 1 aliphatic heterocycles. The van der Waals surface area contributed by atoms with Crippen molar-refractivity contribution in [3.63, 3.8) is 0 Å². The Bertz CT molecular complexity index is 392. The van der Waals surface area contributed by atoms with Crippen LogP contribution in [0.5, 0.6) is 5.75 Å². The lowest BCUT2D eigenvalue weighted by Gasteiger charge is -2.31. The fourth-order valence-electron chi connectivity index (χ4n) is 2.62. The number of rotatable bonds is 7. The van der Waals surface area contributed by atoms with Crippen LogP contribution in [0.4, 0.5) is 0 Å². The first kappa shape index (κ1) is 15.3. The molecule has 112 valence electrons. The zero-order valence-electron chi connectivity index (χ0n) is 12.4. The number of ether oxygens (including phenoxy) is 2. The summed E-state index contributed by atoms with van der Waals surface area (Å²) in [6.45, 7) is 4.13. The zero-order chi connectivity index (χ0) is 14.2. The normalized spacial score (nSPS) is 16.6. The molecule has 0 amide bonds. The topological polar surface area (TPSA) is 47.7 Å². The Labute approximate surface area is 121 Å². The van der Waals surface area contributed by atoms with Gasteiger partial charge in [0.15, 0.2) is 0 Å². The average Bonchev–Trinajstić information content (AvgIpc) is 2.52. The molecule has 4 nitrogen and oxygen atoms in total. The highest BCUT2D eigenvalue weighted by molar-refractivity contribution is 5.32. The van der Waals surface area contributed by atoms with E-state index in [1.165, 1.54) is 0 Å². The molecule has 1 heterocycles. The minimum atomic E-state index is 0.526. The zero-order valence-corrected chi connectivity index (χ0v) is 12.4. The van der Waals surface area contributed by atoms with Gasteiger partial charge in [-0.1, -0.05) is 18.2 Å². The van der Waals surface area contributed by atoms with E-state index in [-0.39, 0.29) is 0 Å². The summed E-state index contributed by atoms with van der Waals surface area (Å²) >= 11 is 0. The lowest BCUT2D eigenvalue weighted by molar-refractivity contribution is 0.0417. The van der Waals surface area contributed by atoms with Crippen molar-refractivity contribution in [2.75, 3.05) is 33.4 Å². The molecule has 0 spiro atoms. The fourth-order valence-corrected chi connectivity index (χ4v) is 2.62. The van der Waals surface area contributed by atoms with Gasteiger partial charge in [-0.15, -0.1) is 0 Å². The van der Waals surface area contributed by atoms with E-state index >= 15 is 0 Å². The van der Waals surface area contributed by atoms with Crippen molar-refractivity contribution in [2.24, 2.45) is 5.73 Å². The Hall–Kier alpha value is -1.10. The Morgan fingerprint density at radius 2 is 2.05 bits per heavy atom. The lowest BCUT2D eigenvalue weighted by atomic mass is 10.1. The summed E-state index contributed by atoms with van der Waals surface area (Å²) in [6.07, 6.45) is 3.33. The van der Waals surface area contributed by atoms with Crippen LogP contribution in [0.2, 0.25) is 0 Å². The first-order valence-electron chi connectivity index (χ1n) is 7.50. The Balaban J connectivity index is 1.68. The molecule has 0 atom stereocenters. The maximum Gasteiger partial charge on any atom is 0.123 e. The molecule has 0 bridgehead atoms. The van der Waals surface area contributed by atoms with Gasteiger partial charge in [0.05, 0.1) is 6.61 Å². The van der Waals surface area contributed by atoms with Gasteiger partial charge in [0.2, 0.25) is 0 Å². The Morgan fingerprint density at radius 3 is 2.80 bits per heavy atom. The summed E-state index contributed by atoms with van der Waals surface area (Å²) in [5.74, 6) is 0.920. The molecule has 1 fully saturated rings. The molecule has 0 saturated carbocycles. The minimum Gasteiger partial charge on any atom is -0.493 e. The van der Waals surface area contributed by atoms with E-state index in [9.17, 15) is 0 Å². The number of nitrogens with zero attached hydrogens (tertiary/aromatic N) is 1. The highest BCUT2D eigenvalue weighted by atomic mass is 16.5. The molecule has 20 heavy (non-hydrogen) atoms. The highest BCUT2D eigenvalue weighted by Crippen LogP contribution is 2.17. The van der Waals surface area contributed by atoms with Crippen LogP contribution in [0.3, 0.4) is 0 Å². The van der Waals surface area contributed by atoms with Gasteiger partial charge >= 0.3 is 0 Å². The van der Waals surface area contributed by atoms with Crippen LogP contribution in [0.1, 0.15) is 24.8 Å². The van der Waals surface area contributed by atoms with Gasteiger partial charge < -0.3 is 20.1 Å². The van der Waals surface area contributed by atoms with Crippen molar-refractivity contribution < 1.29 is 9.47 Å². The van der Waals surface area contributed by atoms with Crippen LogP contribution in [0.15, 0.2) is 24.3 Å². The third-order valence-corrected chi connectivity index (χ3v) is 3.92. The second-order valence-corrected chi connectivity index (χ2v) is 5.34. The van der Waals surface area contributed by atoms with Gasteiger partial charge in [-0.05, 0) is 32.4 Å². The number of hydrogen-bond donors (Lipinski definition) is 1. The van der Waals surface area contributed by atoms with Crippen LogP contribution >= 0.6 is 0 Å². The largest absolute Gasteiger partial charge is 0.493 e. The summed E-state index contributed by atoms with van der Waals surface area (Å²) in [5, 5.41) is 0. The van der Waals surface area contributed by atoms with Gasteiger partial charge in [0.1, 0.15) is 5.75 Å². The van der Waals surface area contributed by atoms with Crippen LogP contribution in [-0.4, -0.2) is 44.4 Å². The molecule has 0 unspecified atom stereocenters. The molecule has 0 radical (unpaired) electrons. The monoisotopic (exact) mass is 278 g/mol. The summed E-state index contributed by atoms with van der Waals surface area (Å²) in [4.78, 5) is 2.43. The van der Waals surface area contributed by atoms with E-state index < -0.39 is 0 Å². The first-order chi connectivity index (χ1) is 9.81. The number of benzene rings is 1. The summed E-state index contributed by atoms with van der Waals surface area (Å²) in [6, 6.07) is 8.66. The van der Waals surface area contributed by atoms with E-state index in [0.29, 0.717) is 12.6 Å². The standard InChI is InChI=1S/C16H26N2O2/c1-18(15-7-11-19-12-8-15)9-4-10-20-16-6-3-2-5-14(16)13-17/h2-3,5-6,15H,4,7-13,17H2,1H3. The first-order valence-corrected chi connectivity index (χ1v) is 7.50. The Morgan fingerprint density at radius 1 is 1.30 bits per heavy atom. The maximum atomic E-state index is 5.83. The van der Waals surface area contributed by atoms with Gasteiger partial charge in [0, 0.05) is 37.9 Å². The lowest BCUT2D eigenvalue weighted by Crippen LogP contribution is -2.37. The predicted octanol–water partition coefficient (Wildman–Crippen LogP) is 2.02. The molecule has 2 N–H and O–H groups in total. The van der Waals surface area contributed by atoms with Gasteiger partial charge in [-0.3, -0.25) is 0 Å². The second-order valence-electron chi connectivity index (χ2n) is 5.34. The van der Waals surface area contributed by atoms with Crippen molar-refractivity contribution in [2.45, 2.75) is 31.8 Å². The van der Waals surface area contributed by atoms with Crippen LogP contribution in [-0.2, 0) is 11.3 Å². The van der Waals surface area contributed by atoms with E-state index in [1.54, 1.807) is 0 Å². The van der Waals surface area contributed by atoms with E-state index in [1.807, 2.05) is 24.3 Å². The molecule has 4 heteroatoms. The van der Waals surface area contributed by atoms with Crippen LogP contribution < -0.4 is 10.5 Å². The van der Waals surface area contributed by atoms with Crippen molar-refractivity contribution in [1.29, 1.82) is 0 Å². The Kier molecular flexibility index (Phi) is 6.30. The molecular weight excluding hydrogens is 252 g/mol. The molecule has 0 aromatic heterocycles. The molecule has 1 aliphatic rings. The van der Waals surface area contributed by atoms with E-state index in [2.05, 4.69) is 11.9 Å². The summed E-state index contributed by atoms with van der Waals surface area (Å²) in [5.41, 5.74) is 6.77. The molecule has 1 aromatic rings. The van der Waals surface area contributed by atoms with Crippen molar-refractivity contribution in [3.8, 4) is 5.75 Å². The number of para-hydroxylation sites is 1. The molecule has 1 aromatic carbocycles. The number of nitrogens with two attached hydrogens (primary N) is 1. The maximum absolute atomic E-state index is 5.83. The highest BCUT2D eigenvalue weighted by Gasteiger charge is 2.17. The average molecular weight is 278 g/mol. The van der Waals surface area contributed by atoms with Crippen molar-refractivity contribution in [3.05, 3.63) is 29.8 Å². The number of hydrogen-bond acceptors (Lipinski definition) is 4. The van der Waals surface area contributed by atoms with Crippen LogP contribution in [0.25, 0.3) is 0 Å². The van der Waals surface area contributed by atoms with Crippen molar-refractivity contribution >= 4 is 0 Å². The van der Waals surface area contributed by atoms with Gasteiger partial charge in [-0.2, -0.15) is 0 Å². The smallest absolute Gasteiger partial charge is 0.123 e. The molecule has 1 saturated heterocycles. The van der Waals surface area contributed by atoms with Gasteiger partial charge in [-0.25, -0.2) is 0 Å². The minimum absolute atomic E-state index is 0.526. The third-order valence-electron chi connectivity index (χ3n) is 3.92. The predicted molar refractivity (Wildman–Crippen MR) is 80.9 cm³/mol. The van der Waals surface area contributed by atoms with Crippen molar-refractivity contribution in [1.82, 2.24) is 4.90 Å². The van der Waals surface area contributed by atoms with E-state index in [4.69, 9.17) is 15.2 Å². The third kappa shape index (κ3) is 4.47. The molecule has 2 rings (SSSR count).